The van der Waals surface area contributed by atoms with Crippen molar-refractivity contribution >= 4 is 17.9 Å². The first kappa shape index (κ1) is 58.9. The lowest BCUT2D eigenvalue weighted by atomic mass is 10.0. The SMILES string of the molecule is CCCCCCCCC=CCCCCCCCC(=O)OC[C@@H](COC(=O)CCCCCCCCCCCCCCC)OC(=O)CCCCCCCC=CCCCCCCCC. The highest BCUT2D eigenvalue weighted by atomic mass is 16.6. The van der Waals surface area contributed by atoms with E-state index in [1.807, 2.05) is 0 Å². The quantitative estimate of drug-likeness (QED) is 0.0262. The summed E-state index contributed by atoms with van der Waals surface area (Å²) < 4.78 is 16.8. The fourth-order valence-electron chi connectivity index (χ4n) is 7.84. The lowest BCUT2D eigenvalue weighted by Crippen LogP contribution is -2.30. The van der Waals surface area contributed by atoms with Crippen molar-refractivity contribution in [1.82, 2.24) is 0 Å². The van der Waals surface area contributed by atoms with E-state index in [1.165, 1.54) is 180 Å². The molecule has 0 amide bonds. The van der Waals surface area contributed by atoms with Crippen LogP contribution in [0.15, 0.2) is 24.3 Å². The van der Waals surface area contributed by atoms with E-state index < -0.39 is 6.10 Å². The lowest BCUT2D eigenvalue weighted by Gasteiger charge is -2.18. The van der Waals surface area contributed by atoms with Crippen LogP contribution in [0.2, 0.25) is 0 Å². The smallest absolute Gasteiger partial charge is 0.306 e. The zero-order chi connectivity index (χ0) is 44.4. The van der Waals surface area contributed by atoms with E-state index in [0.717, 1.165) is 70.6 Å². The third-order valence-corrected chi connectivity index (χ3v) is 11.9. The topological polar surface area (TPSA) is 78.9 Å². The maximum atomic E-state index is 12.8. The molecule has 0 rings (SSSR count). The molecule has 61 heavy (non-hydrogen) atoms. The van der Waals surface area contributed by atoms with E-state index in [0.29, 0.717) is 19.3 Å². The number of esters is 3. The predicted molar refractivity (Wildman–Crippen MR) is 261 cm³/mol. The molecule has 0 saturated carbocycles. The van der Waals surface area contributed by atoms with Crippen molar-refractivity contribution in [2.75, 3.05) is 13.2 Å². The molecule has 0 aliphatic carbocycles. The minimum Gasteiger partial charge on any atom is -0.462 e. The Bertz CT molecular complexity index is 989. The van der Waals surface area contributed by atoms with Crippen molar-refractivity contribution in [2.24, 2.45) is 0 Å². The van der Waals surface area contributed by atoms with Gasteiger partial charge in [-0.1, -0.05) is 225 Å². The zero-order valence-electron chi connectivity index (χ0n) is 40.9. The van der Waals surface area contributed by atoms with Gasteiger partial charge in [0.1, 0.15) is 13.2 Å². The van der Waals surface area contributed by atoms with Gasteiger partial charge in [0.05, 0.1) is 0 Å². The van der Waals surface area contributed by atoms with Crippen molar-refractivity contribution < 1.29 is 28.6 Å². The average Bonchev–Trinajstić information content (AvgIpc) is 3.26. The minimum atomic E-state index is -0.774. The first-order valence-electron chi connectivity index (χ1n) is 26.8. The summed E-state index contributed by atoms with van der Waals surface area (Å²) in [6, 6.07) is 0. The Morgan fingerprint density at radius 2 is 0.541 bits per heavy atom. The van der Waals surface area contributed by atoms with Crippen LogP contribution in [0.25, 0.3) is 0 Å². The van der Waals surface area contributed by atoms with Crippen LogP contribution in [0.5, 0.6) is 0 Å². The second-order valence-corrected chi connectivity index (χ2v) is 18.1. The third kappa shape index (κ3) is 48.8. The molecule has 6 heteroatoms. The van der Waals surface area contributed by atoms with Gasteiger partial charge in [0.25, 0.3) is 0 Å². The van der Waals surface area contributed by atoms with Gasteiger partial charge in [-0.25, -0.2) is 0 Å². The molecule has 0 radical (unpaired) electrons. The molecule has 358 valence electrons. The van der Waals surface area contributed by atoms with E-state index in [9.17, 15) is 14.4 Å². The van der Waals surface area contributed by atoms with Gasteiger partial charge in [-0.15, -0.1) is 0 Å². The molecular formula is C55H102O6. The zero-order valence-corrected chi connectivity index (χ0v) is 40.9. The fraction of sp³-hybridized carbons (Fsp3) is 0.873. The highest BCUT2D eigenvalue weighted by Gasteiger charge is 2.19. The van der Waals surface area contributed by atoms with Crippen molar-refractivity contribution in [3.05, 3.63) is 24.3 Å². The van der Waals surface area contributed by atoms with Gasteiger partial charge in [-0.2, -0.15) is 0 Å². The van der Waals surface area contributed by atoms with Crippen LogP contribution in [0.1, 0.15) is 290 Å². The molecule has 0 saturated heterocycles. The van der Waals surface area contributed by atoms with Crippen LogP contribution in [0, 0.1) is 0 Å². The van der Waals surface area contributed by atoms with Crippen molar-refractivity contribution in [2.45, 2.75) is 297 Å². The molecule has 0 fully saturated rings. The molecule has 0 aliphatic heterocycles. The predicted octanol–water partition coefficient (Wildman–Crippen LogP) is 17.5. The van der Waals surface area contributed by atoms with Crippen LogP contribution < -0.4 is 0 Å². The maximum Gasteiger partial charge on any atom is 0.306 e. The number of hydrogen-bond acceptors (Lipinski definition) is 6. The lowest BCUT2D eigenvalue weighted by molar-refractivity contribution is -0.167. The van der Waals surface area contributed by atoms with Gasteiger partial charge in [-0.3, -0.25) is 14.4 Å². The normalized spacial score (nSPS) is 12.1. The Kier molecular flexibility index (Phi) is 48.8. The molecule has 0 unspecified atom stereocenters. The molecule has 0 aromatic rings. The number of unbranched alkanes of at least 4 members (excludes halogenated alkanes) is 34. The molecule has 0 aromatic carbocycles. The van der Waals surface area contributed by atoms with Gasteiger partial charge in [0, 0.05) is 19.3 Å². The van der Waals surface area contributed by atoms with Crippen LogP contribution in [0.4, 0.5) is 0 Å². The van der Waals surface area contributed by atoms with Crippen molar-refractivity contribution in [3.8, 4) is 0 Å². The minimum absolute atomic E-state index is 0.0733. The Morgan fingerprint density at radius 3 is 0.820 bits per heavy atom. The first-order valence-corrected chi connectivity index (χ1v) is 26.8. The Labute approximate surface area is 379 Å². The summed E-state index contributed by atoms with van der Waals surface area (Å²) in [6.45, 7) is 6.64. The second kappa shape index (κ2) is 50.5. The van der Waals surface area contributed by atoms with Crippen LogP contribution >= 0.6 is 0 Å². The van der Waals surface area contributed by atoms with Crippen LogP contribution in [-0.4, -0.2) is 37.2 Å². The molecule has 0 spiro atoms. The summed E-state index contributed by atoms with van der Waals surface area (Å²) in [6.07, 6.45) is 57.3. The van der Waals surface area contributed by atoms with Crippen molar-refractivity contribution in [3.63, 3.8) is 0 Å². The number of carbonyl (C=O) groups excluding carboxylic acids is 3. The average molecular weight is 859 g/mol. The highest BCUT2D eigenvalue weighted by molar-refractivity contribution is 5.71. The molecule has 6 nitrogen and oxygen atoms in total. The number of hydrogen-bond donors (Lipinski definition) is 0. The number of allylic oxidation sites excluding steroid dienone is 4. The van der Waals surface area contributed by atoms with Gasteiger partial charge >= 0.3 is 17.9 Å². The summed E-state index contributed by atoms with van der Waals surface area (Å²) in [7, 11) is 0. The van der Waals surface area contributed by atoms with E-state index in [-0.39, 0.29) is 31.1 Å². The van der Waals surface area contributed by atoms with Crippen LogP contribution in [-0.2, 0) is 28.6 Å². The number of carbonyl (C=O) groups is 3. The largest absolute Gasteiger partial charge is 0.462 e. The number of ether oxygens (including phenoxy) is 3. The van der Waals surface area contributed by atoms with E-state index in [4.69, 9.17) is 14.2 Å². The molecular weight excluding hydrogens is 757 g/mol. The maximum absolute atomic E-state index is 12.8. The highest BCUT2D eigenvalue weighted by Crippen LogP contribution is 2.15. The van der Waals surface area contributed by atoms with Gasteiger partial charge in [0.2, 0.25) is 0 Å². The number of rotatable bonds is 49. The van der Waals surface area contributed by atoms with Crippen molar-refractivity contribution in [1.29, 1.82) is 0 Å². The Balaban J connectivity index is 4.37. The molecule has 0 aromatic heterocycles. The summed E-state index contributed by atoms with van der Waals surface area (Å²) in [5.74, 6) is -0.876. The molecule has 0 aliphatic rings. The van der Waals surface area contributed by atoms with E-state index in [1.54, 1.807) is 0 Å². The van der Waals surface area contributed by atoms with Gasteiger partial charge in [0.15, 0.2) is 6.10 Å². The fourth-order valence-corrected chi connectivity index (χ4v) is 7.84. The first-order chi connectivity index (χ1) is 30.0. The molecule has 0 heterocycles. The Morgan fingerprint density at radius 1 is 0.311 bits per heavy atom. The summed E-state index contributed by atoms with van der Waals surface area (Å²) in [4.78, 5) is 38.0. The Hall–Kier alpha value is -2.11. The monoisotopic (exact) mass is 859 g/mol. The summed E-state index contributed by atoms with van der Waals surface area (Å²) in [5.41, 5.74) is 0. The standard InChI is InChI=1S/C55H102O6/c1-4-7-10-13-16-19-22-25-27-30-33-36-39-42-45-48-54(57)60-51-52(50-59-53(56)47-44-41-38-35-32-29-24-21-18-15-12-9-6-3)61-55(58)49-46-43-40-37-34-31-28-26-23-20-17-14-11-8-5-2/h25-28,52H,4-24,29-51H2,1-3H3/t52-/m1/s1. The molecule has 0 N–H and O–H groups in total. The van der Waals surface area contributed by atoms with Gasteiger partial charge < -0.3 is 14.2 Å². The third-order valence-electron chi connectivity index (χ3n) is 11.9. The molecule has 0 bridgehead atoms. The van der Waals surface area contributed by atoms with E-state index in [2.05, 4.69) is 45.1 Å². The second-order valence-electron chi connectivity index (χ2n) is 18.1. The van der Waals surface area contributed by atoms with Crippen LogP contribution in [0.3, 0.4) is 0 Å². The van der Waals surface area contributed by atoms with E-state index >= 15 is 0 Å². The summed E-state index contributed by atoms with van der Waals surface area (Å²) >= 11 is 0. The molecule has 1 atom stereocenters. The van der Waals surface area contributed by atoms with Gasteiger partial charge in [-0.05, 0) is 70.6 Å². The summed E-state index contributed by atoms with van der Waals surface area (Å²) in [5, 5.41) is 0.